The predicted octanol–water partition coefficient (Wildman–Crippen LogP) is 2.10. The average Bonchev–Trinajstić information content (AvgIpc) is 2.78. The standard InChI is InChI=1S/C12H15N3O2/c1-7(2)10(13)12-14-11(15-17-12)8-3-5-9(16)6-4-8/h3-7,10,16H,13H2,1-2H3. The van der Waals surface area contributed by atoms with Gasteiger partial charge >= 0.3 is 0 Å². The van der Waals surface area contributed by atoms with Crippen molar-refractivity contribution in [2.45, 2.75) is 19.9 Å². The Kier molecular flexibility index (Phi) is 3.10. The Labute approximate surface area is 99.3 Å². The molecule has 0 spiro atoms. The van der Waals surface area contributed by atoms with Gasteiger partial charge in [0.2, 0.25) is 11.7 Å². The highest BCUT2D eigenvalue weighted by Crippen LogP contribution is 2.22. The minimum atomic E-state index is -0.256. The lowest BCUT2D eigenvalue weighted by Crippen LogP contribution is -2.16. The molecule has 0 fully saturated rings. The highest BCUT2D eigenvalue weighted by Gasteiger charge is 2.18. The number of aromatic nitrogens is 2. The lowest BCUT2D eigenvalue weighted by atomic mass is 10.1. The van der Waals surface area contributed by atoms with Crippen LogP contribution < -0.4 is 5.73 Å². The summed E-state index contributed by atoms with van der Waals surface area (Å²) in [4.78, 5) is 4.25. The van der Waals surface area contributed by atoms with Crippen LogP contribution in [0.15, 0.2) is 28.8 Å². The summed E-state index contributed by atoms with van der Waals surface area (Å²) in [6.45, 7) is 3.99. The van der Waals surface area contributed by atoms with Crippen molar-refractivity contribution < 1.29 is 9.63 Å². The Morgan fingerprint density at radius 2 is 1.88 bits per heavy atom. The van der Waals surface area contributed by atoms with Gasteiger partial charge in [0.05, 0.1) is 6.04 Å². The highest BCUT2D eigenvalue weighted by molar-refractivity contribution is 5.55. The van der Waals surface area contributed by atoms with Gasteiger partial charge in [-0.2, -0.15) is 4.98 Å². The fourth-order valence-corrected chi connectivity index (χ4v) is 1.38. The van der Waals surface area contributed by atoms with Crippen molar-refractivity contribution in [2.24, 2.45) is 11.7 Å². The first kappa shape index (κ1) is 11.6. The maximum Gasteiger partial charge on any atom is 0.244 e. The molecule has 0 aliphatic rings. The molecule has 3 N–H and O–H groups in total. The predicted molar refractivity (Wildman–Crippen MR) is 63.2 cm³/mol. The zero-order chi connectivity index (χ0) is 12.4. The largest absolute Gasteiger partial charge is 0.508 e. The van der Waals surface area contributed by atoms with Crippen LogP contribution in [0.5, 0.6) is 5.75 Å². The Morgan fingerprint density at radius 3 is 2.47 bits per heavy atom. The van der Waals surface area contributed by atoms with E-state index in [9.17, 15) is 5.11 Å². The second-order valence-electron chi connectivity index (χ2n) is 4.27. The molecule has 1 unspecified atom stereocenters. The van der Waals surface area contributed by atoms with Crippen molar-refractivity contribution in [1.82, 2.24) is 10.1 Å². The van der Waals surface area contributed by atoms with E-state index in [1.54, 1.807) is 24.3 Å². The molecule has 0 saturated carbocycles. The smallest absolute Gasteiger partial charge is 0.244 e. The summed E-state index contributed by atoms with van der Waals surface area (Å²) in [6.07, 6.45) is 0. The maximum atomic E-state index is 9.19. The number of rotatable bonds is 3. The number of phenols is 1. The van der Waals surface area contributed by atoms with Crippen molar-refractivity contribution in [3.8, 4) is 17.1 Å². The lowest BCUT2D eigenvalue weighted by Gasteiger charge is -2.09. The van der Waals surface area contributed by atoms with Crippen LogP contribution in [0, 0.1) is 5.92 Å². The third-order valence-electron chi connectivity index (χ3n) is 2.57. The van der Waals surface area contributed by atoms with Crippen LogP contribution in [0.2, 0.25) is 0 Å². The van der Waals surface area contributed by atoms with E-state index in [0.717, 1.165) is 5.56 Å². The summed E-state index contributed by atoms with van der Waals surface area (Å²) in [5.41, 5.74) is 6.70. The number of nitrogens with two attached hydrogens (primary N) is 1. The van der Waals surface area contributed by atoms with Crippen LogP contribution in [0.25, 0.3) is 11.4 Å². The zero-order valence-corrected chi connectivity index (χ0v) is 9.79. The summed E-state index contributed by atoms with van der Waals surface area (Å²) >= 11 is 0. The molecule has 17 heavy (non-hydrogen) atoms. The van der Waals surface area contributed by atoms with Crippen molar-refractivity contribution in [2.75, 3.05) is 0 Å². The number of aromatic hydroxyl groups is 1. The van der Waals surface area contributed by atoms with Crippen LogP contribution in [0.1, 0.15) is 25.8 Å². The Hall–Kier alpha value is -1.88. The van der Waals surface area contributed by atoms with E-state index < -0.39 is 0 Å². The molecule has 0 aliphatic carbocycles. The monoisotopic (exact) mass is 233 g/mol. The Morgan fingerprint density at radius 1 is 1.24 bits per heavy atom. The number of nitrogens with zero attached hydrogens (tertiary/aromatic N) is 2. The number of hydrogen-bond donors (Lipinski definition) is 2. The van der Waals surface area contributed by atoms with E-state index in [2.05, 4.69) is 10.1 Å². The minimum Gasteiger partial charge on any atom is -0.508 e. The van der Waals surface area contributed by atoms with E-state index in [1.165, 1.54) is 0 Å². The van der Waals surface area contributed by atoms with E-state index in [1.807, 2.05) is 13.8 Å². The lowest BCUT2D eigenvalue weighted by molar-refractivity contribution is 0.325. The van der Waals surface area contributed by atoms with Gasteiger partial charge in [-0.1, -0.05) is 19.0 Å². The molecule has 1 aromatic carbocycles. The molecule has 5 heteroatoms. The Balaban J connectivity index is 2.26. The van der Waals surface area contributed by atoms with Gasteiger partial charge in [0.15, 0.2) is 0 Å². The molecule has 90 valence electrons. The first-order valence-corrected chi connectivity index (χ1v) is 5.46. The highest BCUT2D eigenvalue weighted by atomic mass is 16.5. The van der Waals surface area contributed by atoms with Gasteiger partial charge in [0.25, 0.3) is 0 Å². The number of hydrogen-bond acceptors (Lipinski definition) is 5. The second-order valence-corrected chi connectivity index (χ2v) is 4.27. The van der Waals surface area contributed by atoms with E-state index in [4.69, 9.17) is 10.3 Å². The van der Waals surface area contributed by atoms with E-state index in [-0.39, 0.29) is 17.7 Å². The average molecular weight is 233 g/mol. The SMILES string of the molecule is CC(C)C(N)c1nc(-c2ccc(O)cc2)no1. The Bertz CT molecular complexity index is 491. The van der Waals surface area contributed by atoms with Crippen LogP contribution >= 0.6 is 0 Å². The molecular formula is C12H15N3O2. The molecule has 0 amide bonds. The van der Waals surface area contributed by atoms with Crippen molar-refractivity contribution in [3.05, 3.63) is 30.2 Å². The van der Waals surface area contributed by atoms with Gasteiger partial charge in [-0.15, -0.1) is 0 Å². The molecule has 1 atom stereocenters. The van der Waals surface area contributed by atoms with Crippen LogP contribution in [-0.2, 0) is 0 Å². The zero-order valence-electron chi connectivity index (χ0n) is 9.79. The third kappa shape index (κ3) is 2.45. The quantitative estimate of drug-likeness (QED) is 0.847. The molecule has 5 nitrogen and oxygen atoms in total. The minimum absolute atomic E-state index is 0.205. The van der Waals surface area contributed by atoms with Crippen LogP contribution in [-0.4, -0.2) is 15.2 Å². The molecule has 2 aromatic rings. The van der Waals surface area contributed by atoms with E-state index in [0.29, 0.717) is 11.7 Å². The fourth-order valence-electron chi connectivity index (χ4n) is 1.38. The van der Waals surface area contributed by atoms with Gasteiger partial charge in [0, 0.05) is 5.56 Å². The fraction of sp³-hybridized carbons (Fsp3) is 0.333. The van der Waals surface area contributed by atoms with Crippen molar-refractivity contribution in [3.63, 3.8) is 0 Å². The van der Waals surface area contributed by atoms with Crippen LogP contribution in [0.3, 0.4) is 0 Å². The van der Waals surface area contributed by atoms with Crippen LogP contribution in [0.4, 0.5) is 0 Å². The molecule has 2 rings (SSSR count). The second kappa shape index (κ2) is 4.55. The summed E-state index contributed by atoms with van der Waals surface area (Å²) in [6, 6.07) is 6.35. The molecule has 1 aromatic heterocycles. The van der Waals surface area contributed by atoms with Gasteiger partial charge < -0.3 is 15.4 Å². The molecule has 0 aliphatic heterocycles. The first-order valence-electron chi connectivity index (χ1n) is 5.46. The van der Waals surface area contributed by atoms with Crippen molar-refractivity contribution >= 4 is 0 Å². The summed E-state index contributed by atoms with van der Waals surface area (Å²) < 4.78 is 5.12. The van der Waals surface area contributed by atoms with E-state index >= 15 is 0 Å². The van der Waals surface area contributed by atoms with Gasteiger partial charge in [-0.05, 0) is 30.2 Å². The first-order chi connectivity index (χ1) is 8.08. The topological polar surface area (TPSA) is 85.2 Å². The van der Waals surface area contributed by atoms with Crippen molar-refractivity contribution in [1.29, 1.82) is 0 Å². The third-order valence-corrected chi connectivity index (χ3v) is 2.57. The molecular weight excluding hydrogens is 218 g/mol. The molecule has 1 heterocycles. The number of phenolic OH excluding ortho intramolecular Hbond substituents is 1. The van der Waals surface area contributed by atoms with Gasteiger partial charge in [-0.25, -0.2) is 0 Å². The summed E-state index contributed by atoms with van der Waals surface area (Å²) in [5.74, 6) is 1.36. The van der Waals surface area contributed by atoms with Gasteiger partial charge in [-0.3, -0.25) is 0 Å². The molecule has 0 saturated heterocycles. The normalized spacial score (nSPS) is 12.9. The maximum absolute atomic E-state index is 9.19. The molecule has 0 bridgehead atoms. The summed E-state index contributed by atoms with van der Waals surface area (Å²) in [7, 11) is 0. The number of benzene rings is 1. The molecule has 0 radical (unpaired) electrons. The van der Waals surface area contributed by atoms with Gasteiger partial charge in [0.1, 0.15) is 5.75 Å². The summed E-state index contributed by atoms with van der Waals surface area (Å²) in [5, 5.41) is 13.1.